The number of carbonyl (C=O) groups is 1. The van der Waals surface area contributed by atoms with Gasteiger partial charge in [0, 0.05) is 24.2 Å². The van der Waals surface area contributed by atoms with Gasteiger partial charge >= 0.3 is 5.97 Å². The lowest BCUT2D eigenvalue weighted by Gasteiger charge is -2.10. The number of imidazole rings is 1. The molecule has 1 aromatic rings. The van der Waals surface area contributed by atoms with Gasteiger partial charge in [-0.25, -0.2) is 4.98 Å². The van der Waals surface area contributed by atoms with E-state index in [1.165, 1.54) is 11.8 Å². The van der Waals surface area contributed by atoms with Gasteiger partial charge in [0.15, 0.2) is 0 Å². The molecule has 0 fully saturated rings. The summed E-state index contributed by atoms with van der Waals surface area (Å²) in [7, 11) is 0. The van der Waals surface area contributed by atoms with Gasteiger partial charge in [-0.3, -0.25) is 4.79 Å². The summed E-state index contributed by atoms with van der Waals surface area (Å²) in [5.74, 6) is -0.0244. The Morgan fingerprint density at radius 2 is 2.40 bits per heavy atom. The maximum atomic E-state index is 10.8. The number of thioether (sulfide) groups is 1. The minimum absolute atomic E-state index is 0.315. The van der Waals surface area contributed by atoms with Gasteiger partial charge in [-0.05, 0) is 13.3 Å². The first-order valence-corrected chi connectivity index (χ1v) is 6.07. The number of carboxylic acids is 1. The Labute approximate surface area is 93.7 Å². The van der Waals surface area contributed by atoms with Crippen molar-refractivity contribution in [2.45, 2.75) is 37.8 Å². The largest absolute Gasteiger partial charge is 0.480 e. The molecule has 0 amide bonds. The Bertz CT molecular complexity index is 325. The molecule has 0 aliphatic heterocycles. The number of hydrogen-bond acceptors (Lipinski definition) is 3. The van der Waals surface area contributed by atoms with Crippen molar-refractivity contribution in [3.63, 3.8) is 0 Å². The fraction of sp³-hybridized carbons (Fsp3) is 0.600. The summed E-state index contributed by atoms with van der Waals surface area (Å²) >= 11 is 1.46. The van der Waals surface area contributed by atoms with Gasteiger partial charge in [0.2, 0.25) is 0 Å². The molecular formula is C10H16N2O2S. The summed E-state index contributed by atoms with van der Waals surface area (Å²) in [4.78, 5) is 14.8. The molecule has 0 aliphatic rings. The topological polar surface area (TPSA) is 55.1 Å². The van der Waals surface area contributed by atoms with E-state index in [0.29, 0.717) is 12.2 Å². The third-order valence-corrected chi connectivity index (χ3v) is 3.62. The van der Waals surface area contributed by atoms with Gasteiger partial charge < -0.3 is 9.67 Å². The van der Waals surface area contributed by atoms with E-state index >= 15 is 0 Å². The summed E-state index contributed by atoms with van der Waals surface area (Å²) in [5.41, 5.74) is 1.09. The van der Waals surface area contributed by atoms with E-state index in [2.05, 4.69) is 4.98 Å². The van der Waals surface area contributed by atoms with E-state index in [0.717, 1.165) is 12.2 Å². The Balaban J connectivity index is 2.52. The molecule has 0 bridgehead atoms. The molecule has 1 aromatic heterocycles. The lowest BCUT2D eigenvalue weighted by atomic mass is 10.3. The minimum Gasteiger partial charge on any atom is -0.480 e. The van der Waals surface area contributed by atoms with Crippen molar-refractivity contribution >= 4 is 17.7 Å². The zero-order valence-corrected chi connectivity index (χ0v) is 9.83. The molecule has 1 atom stereocenters. The molecule has 0 saturated heterocycles. The van der Waals surface area contributed by atoms with Gasteiger partial charge in [-0.15, -0.1) is 11.8 Å². The fourth-order valence-corrected chi connectivity index (χ4v) is 2.29. The molecule has 1 unspecified atom stereocenters. The van der Waals surface area contributed by atoms with Crippen LogP contribution in [-0.4, -0.2) is 25.9 Å². The Kier molecular flexibility index (Phi) is 4.68. The first-order valence-electron chi connectivity index (χ1n) is 5.02. The van der Waals surface area contributed by atoms with E-state index in [4.69, 9.17) is 5.11 Å². The zero-order chi connectivity index (χ0) is 11.3. The predicted molar refractivity (Wildman–Crippen MR) is 60.9 cm³/mol. The molecule has 5 heteroatoms. The molecule has 0 radical (unpaired) electrons. The normalized spacial score (nSPS) is 12.7. The Morgan fingerprint density at radius 1 is 1.67 bits per heavy atom. The molecular weight excluding hydrogens is 212 g/mol. The van der Waals surface area contributed by atoms with Crippen LogP contribution in [0.1, 0.15) is 26.0 Å². The van der Waals surface area contributed by atoms with Crippen LogP contribution in [0.15, 0.2) is 12.5 Å². The van der Waals surface area contributed by atoms with Gasteiger partial charge in [0.05, 0.1) is 6.33 Å². The van der Waals surface area contributed by atoms with E-state index in [9.17, 15) is 4.79 Å². The fourth-order valence-electron chi connectivity index (χ4n) is 1.30. The Hall–Kier alpha value is -0.970. The number of aromatic nitrogens is 2. The molecule has 1 heterocycles. The van der Waals surface area contributed by atoms with E-state index in [1.807, 2.05) is 18.4 Å². The van der Waals surface area contributed by atoms with Crippen LogP contribution in [0.3, 0.4) is 0 Å². The molecule has 84 valence electrons. The van der Waals surface area contributed by atoms with Gasteiger partial charge in [-0.1, -0.05) is 6.92 Å². The quantitative estimate of drug-likeness (QED) is 0.809. The second-order valence-corrected chi connectivity index (χ2v) is 4.41. The molecule has 0 aliphatic carbocycles. The summed E-state index contributed by atoms with van der Waals surface area (Å²) < 4.78 is 2.03. The van der Waals surface area contributed by atoms with E-state index in [1.54, 1.807) is 12.5 Å². The first kappa shape index (κ1) is 12.1. The smallest absolute Gasteiger partial charge is 0.316 e. The lowest BCUT2D eigenvalue weighted by Crippen LogP contribution is -2.15. The highest BCUT2D eigenvalue weighted by Gasteiger charge is 2.15. The SMILES string of the molecule is CCC(SCc1cncn1CC)C(=O)O. The minimum atomic E-state index is -0.731. The van der Waals surface area contributed by atoms with Crippen LogP contribution < -0.4 is 0 Å². The maximum Gasteiger partial charge on any atom is 0.316 e. The molecule has 0 saturated carbocycles. The molecule has 1 N–H and O–H groups in total. The Morgan fingerprint density at radius 3 is 2.93 bits per heavy atom. The second kappa shape index (κ2) is 5.80. The van der Waals surface area contributed by atoms with Crippen molar-refractivity contribution in [2.75, 3.05) is 0 Å². The number of hydrogen-bond donors (Lipinski definition) is 1. The summed E-state index contributed by atoms with van der Waals surface area (Å²) in [5, 5.41) is 8.57. The highest BCUT2D eigenvalue weighted by atomic mass is 32.2. The monoisotopic (exact) mass is 228 g/mol. The summed E-state index contributed by atoms with van der Waals surface area (Å²) in [6, 6.07) is 0. The summed E-state index contributed by atoms with van der Waals surface area (Å²) in [6.45, 7) is 4.81. The lowest BCUT2D eigenvalue weighted by molar-refractivity contribution is -0.136. The van der Waals surface area contributed by atoms with Crippen LogP contribution in [0.2, 0.25) is 0 Å². The average molecular weight is 228 g/mol. The number of nitrogens with zero attached hydrogens (tertiary/aromatic N) is 2. The number of aryl methyl sites for hydroxylation is 1. The number of carboxylic acid groups (broad SMARTS) is 1. The second-order valence-electron chi connectivity index (χ2n) is 3.22. The predicted octanol–water partition coefficient (Wildman–Crippen LogP) is 2.00. The van der Waals surface area contributed by atoms with Crippen molar-refractivity contribution < 1.29 is 9.90 Å². The third kappa shape index (κ3) is 3.27. The van der Waals surface area contributed by atoms with E-state index in [-0.39, 0.29) is 5.25 Å². The van der Waals surface area contributed by atoms with Crippen LogP contribution >= 0.6 is 11.8 Å². The van der Waals surface area contributed by atoms with Gasteiger partial charge in [0.25, 0.3) is 0 Å². The first-order chi connectivity index (χ1) is 7.19. The van der Waals surface area contributed by atoms with Crippen LogP contribution in [0, 0.1) is 0 Å². The van der Waals surface area contributed by atoms with Crippen LogP contribution in [-0.2, 0) is 17.1 Å². The number of rotatable bonds is 6. The highest BCUT2D eigenvalue weighted by molar-refractivity contribution is 7.99. The highest BCUT2D eigenvalue weighted by Crippen LogP contribution is 2.20. The molecule has 0 aromatic carbocycles. The van der Waals surface area contributed by atoms with Crippen LogP contribution in [0.5, 0.6) is 0 Å². The molecule has 0 spiro atoms. The maximum absolute atomic E-state index is 10.8. The van der Waals surface area contributed by atoms with Crippen molar-refractivity contribution in [1.82, 2.24) is 9.55 Å². The van der Waals surface area contributed by atoms with Crippen molar-refractivity contribution in [1.29, 1.82) is 0 Å². The number of aliphatic carboxylic acids is 1. The van der Waals surface area contributed by atoms with Gasteiger partial charge in [0.1, 0.15) is 5.25 Å². The average Bonchev–Trinajstić information content (AvgIpc) is 2.65. The van der Waals surface area contributed by atoms with Crippen molar-refractivity contribution in [2.24, 2.45) is 0 Å². The molecule has 4 nitrogen and oxygen atoms in total. The van der Waals surface area contributed by atoms with Crippen LogP contribution in [0.4, 0.5) is 0 Å². The molecule has 1 rings (SSSR count). The third-order valence-electron chi connectivity index (χ3n) is 2.22. The van der Waals surface area contributed by atoms with Crippen molar-refractivity contribution in [3.8, 4) is 0 Å². The van der Waals surface area contributed by atoms with Crippen molar-refractivity contribution in [3.05, 3.63) is 18.2 Å². The van der Waals surface area contributed by atoms with E-state index < -0.39 is 5.97 Å². The standard InChI is InChI=1S/C10H16N2O2S/c1-3-9(10(13)14)15-6-8-5-11-7-12(8)4-2/h5,7,9H,3-4,6H2,1-2H3,(H,13,14). The summed E-state index contributed by atoms with van der Waals surface area (Å²) in [6.07, 6.45) is 4.23. The van der Waals surface area contributed by atoms with Gasteiger partial charge in [-0.2, -0.15) is 0 Å². The zero-order valence-electron chi connectivity index (χ0n) is 9.01. The molecule has 15 heavy (non-hydrogen) atoms. The van der Waals surface area contributed by atoms with Crippen LogP contribution in [0.25, 0.3) is 0 Å².